The van der Waals surface area contributed by atoms with E-state index in [9.17, 15) is 9.59 Å². The maximum Gasteiger partial charge on any atom is 0.256 e. The number of amides is 2. The van der Waals surface area contributed by atoms with Crippen molar-refractivity contribution in [1.82, 2.24) is 0 Å². The molecule has 0 spiro atoms. The fourth-order valence-electron chi connectivity index (χ4n) is 2.58. The first-order chi connectivity index (χ1) is 11.0. The highest BCUT2D eigenvalue weighted by Crippen LogP contribution is 2.29. The third kappa shape index (κ3) is 3.19. The van der Waals surface area contributed by atoms with Crippen LogP contribution in [0.2, 0.25) is 10.0 Å². The molecule has 0 radical (unpaired) electrons. The van der Waals surface area contributed by atoms with Crippen molar-refractivity contribution >= 4 is 46.4 Å². The summed E-state index contributed by atoms with van der Waals surface area (Å²) < 4.78 is 0. The van der Waals surface area contributed by atoms with Crippen molar-refractivity contribution in [2.75, 3.05) is 10.2 Å². The van der Waals surface area contributed by atoms with Gasteiger partial charge in [-0.1, -0.05) is 35.3 Å². The Morgan fingerprint density at radius 3 is 2.61 bits per heavy atom. The Hall–Kier alpha value is -2.04. The van der Waals surface area contributed by atoms with Gasteiger partial charge in [0.1, 0.15) is 6.04 Å². The number of anilines is 2. The molecule has 2 aromatic carbocycles. The van der Waals surface area contributed by atoms with E-state index in [-0.39, 0.29) is 18.2 Å². The minimum absolute atomic E-state index is 0.0890. The van der Waals surface area contributed by atoms with E-state index in [0.29, 0.717) is 21.4 Å². The molecule has 1 atom stereocenters. The zero-order valence-corrected chi connectivity index (χ0v) is 13.9. The first-order valence-corrected chi connectivity index (χ1v) is 7.86. The Labute approximate surface area is 144 Å². The number of nitrogens with one attached hydrogen (secondary N) is 1. The molecule has 2 aromatic rings. The second-order valence-corrected chi connectivity index (χ2v) is 6.28. The van der Waals surface area contributed by atoms with Gasteiger partial charge in [-0.3, -0.25) is 9.59 Å². The molecule has 1 fully saturated rings. The monoisotopic (exact) mass is 348 g/mol. The van der Waals surface area contributed by atoms with E-state index in [0.717, 1.165) is 5.56 Å². The first-order valence-electron chi connectivity index (χ1n) is 7.11. The summed E-state index contributed by atoms with van der Waals surface area (Å²) in [6.45, 7) is 1.91. The van der Waals surface area contributed by atoms with Crippen LogP contribution in [-0.2, 0) is 9.59 Å². The topological polar surface area (TPSA) is 49.4 Å². The van der Waals surface area contributed by atoms with Crippen LogP contribution in [0.5, 0.6) is 0 Å². The largest absolute Gasteiger partial charge is 0.372 e. The maximum atomic E-state index is 12.6. The van der Waals surface area contributed by atoms with E-state index in [1.165, 1.54) is 4.90 Å². The molecular weight excluding hydrogens is 335 g/mol. The summed E-state index contributed by atoms with van der Waals surface area (Å²) in [5.41, 5.74) is 2.15. The number of imide groups is 1. The molecule has 0 bridgehead atoms. The van der Waals surface area contributed by atoms with Crippen LogP contribution in [0.15, 0.2) is 42.5 Å². The zero-order chi connectivity index (χ0) is 16.6. The van der Waals surface area contributed by atoms with E-state index < -0.39 is 6.04 Å². The highest BCUT2D eigenvalue weighted by atomic mass is 35.5. The van der Waals surface area contributed by atoms with E-state index in [4.69, 9.17) is 23.2 Å². The fourth-order valence-corrected chi connectivity index (χ4v) is 3.04. The second-order valence-electron chi connectivity index (χ2n) is 5.43. The fraction of sp³-hybridized carbons (Fsp3) is 0.176. The Bertz CT molecular complexity index is 792. The molecule has 6 heteroatoms. The van der Waals surface area contributed by atoms with E-state index in [2.05, 4.69) is 5.32 Å². The molecule has 1 saturated heterocycles. The summed E-state index contributed by atoms with van der Waals surface area (Å²) in [5.74, 6) is -0.519. The third-order valence-corrected chi connectivity index (χ3v) is 4.22. The molecule has 23 heavy (non-hydrogen) atoms. The maximum absolute atomic E-state index is 12.6. The molecule has 1 heterocycles. The van der Waals surface area contributed by atoms with Crippen molar-refractivity contribution in [1.29, 1.82) is 0 Å². The smallest absolute Gasteiger partial charge is 0.256 e. The van der Waals surface area contributed by atoms with Gasteiger partial charge in [0.25, 0.3) is 5.91 Å². The summed E-state index contributed by atoms with van der Waals surface area (Å²) in [5, 5.41) is 3.95. The molecule has 1 N–H and O–H groups in total. The number of carbonyl (C=O) groups is 2. The number of halogens is 2. The molecule has 1 aliphatic rings. The molecule has 3 rings (SSSR count). The van der Waals surface area contributed by atoms with Crippen LogP contribution in [0.3, 0.4) is 0 Å². The number of aryl methyl sites for hydroxylation is 1. The first kappa shape index (κ1) is 15.8. The van der Waals surface area contributed by atoms with Crippen LogP contribution in [0, 0.1) is 6.92 Å². The number of rotatable bonds is 3. The molecule has 0 aliphatic carbocycles. The molecule has 118 valence electrons. The van der Waals surface area contributed by atoms with Crippen LogP contribution in [0.4, 0.5) is 11.4 Å². The summed E-state index contributed by atoms with van der Waals surface area (Å²) in [7, 11) is 0. The van der Waals surface area contributed by atoms with Crippen LogP contribution in [-0.4, -0.2) is 17.9 Å². The summed E-state index contributed by atoms with van der Waals surface area (Å²) in [6, 6.07) is 11.6. The lowest BCUT2D eigenvalue weighted by Crippen LogP contribution is -2.34. The Kier molecular flexibility index (Phi) is 4.28. The lowest BCUT2D eigenvalue weighted by molar-refractivity contribution is -0.121. The predicted octanol–water partition coefficient (Wildman–Crippen LogP) is 4.05. The number of carbonyl (C=O) groups excluding carboxylic acids is 2. The summed E-state index contributed by atoms with van der Waals surface area (Å²) >= 11 is 12.0. The van der Waals surface area contributed by atoms with Gasteiger partial charge in [0.2, 0.25) is 5.91 Å². The van der Waals surface area contributed by atoms with Gasteiger partial charge in [-0.2, -0.15) is 0 Å². The van der Waals surface area contributed by atoms with Crippen molar-refractivity contribution < 1.29 is 9.59 Å². The third-order valence-electron chi connectivity index (χ3n) is 3.67. The Balaban J connectivity index is 1.84. The Morgan fingerprint density at radius 1 is 1.13 bits per heavy atom. The number of nitrogens with zero attached hydrogens (tertiary/aromatic N) is 1. The van der Waals surface area contributed by atoms with Crippen molar-refractivity contribution in [3.63, 3.8) is 0 Å². The minimum atomic E-state index is -0.637. The summed E-state index contributed by atoms with van der Waals surface area (Å²) in [4.78, 5) is 26.0. The van der Waals surface area contributed by atoms with Crippen molar-refractivity contribution in [2.45, 2.75) is 19.4 Å². The lowest BCUT2D eigenvalue weighted by Gasteiger charge is -2.17. The van der Waals surface area contributed by atoms with Gasteiger partial charge in [-0.15, -0.1) is 0 Å². The number of hydrogen-bond acceptors (Lipinski definition) is 3. The molecule has 0 saturated carbocycles. The highest BCUT2D eigenvalue weighted by molar-refractivity contribution is 6.36. The minimum Gasteiger partial charge on any atom is -0.372 e. The van der Waals surface area contributed by atoms with Crippen LogP contribution >= 0.6 is 23.2 Å². The number of hydrogen-bond donors (Lipinski definition) is 1. The van der Waals surface area contributed by atoms with Crippen molar-refractivity contribution in [3.05, 3.63) is 58.1 Å². The van der Waals surface area contributed by atoms with Gasteiger partial charge in [-0.05, 0) is 42.8 Å². The second kappa shape index (κ2) is 6.22. The molecule has 1 aliphatic heterocycles. The van der Waals surface area contributed by atoms with Crippen molar-refractivity contribution in [2.24, 2.45) is 0 Å². The standard InChI is InChI=1S/C17H14Cl2N2O2/c1-10-3-2-4-12(7-10)21-16(22)9-15(17(21)23)20-14-6-5-11(18)8-13(14)19/h2-8,15,20H,9H2,1H3/t15-/m1/s1. The SMILES string of the molecule is Cc1cccc(N2C(=O)C[C@@H](Nc3ccc(Cl)cc3Cl)C2=O)c1. The van der Waals surface area contributed by atoms with Crippen LogP contribution in [0.25, 0.3) is 0 Å². The van der Waals surface area contributed by atoms with E-state index >= 15 is 0 Å². The highest BCUT2D eigenvalue weighted by Gasteiger charge is 2.39. The van der Waals surface area contributed by atoms with Gasteiger partial charge in [0, 0.05) is 5.02 Å². The van der Waals surface area contributed by atoms with Gasteiger partial charge in [0.05, 0.1) is 22.8 Å². The number of benzene rings is 2. The normalized spacial score (nSPS) is 17.7. The molecular formula is C17H14Cl2N2O2. The predicted molar refractivity (Wildman–Crippen MR) is 92.2 cm³/mol. The average molecular weight is 349 g/mol. The van der Waals surface area contributed by atoms with Gasteiger partial charge >= 0.3 is 0 Å². The Morgan fingerprint density at radius 2 is 1.91 bits per heavy atom. The molecule has 2 amide bonds. The van der Waals surface area contributed by atoms with E-state index in [1.807, 2.05) is 25.1 Å². The quantitative estimate of drug-likeness (QED) is 0.851. The van der Waals surface area contributed by atoms with Gasteiger partial charge < -0.3 is 5.32 Å². The summed E-state index contributed by atoms with van der Waals surface area (Å²) in [6.07, 6.45) is 0.0890. The zero-order valence-electron chi connectivity index (χ0n) is 12.3. The average Bonchev–Trinajstić information content (AvgIpc) is 2.76. The molecule has 0 aromatic heterocycles. The van der Waals surface area contributed by atoms with Gasteiger partial charge in [-0.25, -0.2) is 4.90 Å². The van der Waals surface area contributed by atoms with E-state index in [1.54, 1.807) is 24.3 Å². The lowest BCUT2D eigenvalue weighted by atomic mass is 10.2. The van der Waals surface area contributed by atoms with Crippen LogP contribution < -0.4 is 10.2 Å². The molecule has 4 nitrogen and oxygen atoms in total. The van der Waals surface area contributed by atoms with Gasteiger partial charge in [0.15, 0.2) is 0 Å². The van der Waals surface area contributed by atoms with Crippen molar-refractivity contribution in [3.8, 4) is 0 Å². The van der Waals surface area contributed by atoms with Crippen LogP contribution in [0.1, 0.15) is 12.0 Å². The molecule has 0 unspecified atom stereocenters.